The molecule has 0 aliphatic heterocycles. The monoisotopic (exact) mass is 271 g/mol. The predicted molar refractivity (Wildman–Crippen MR) is 69.8 cm³/mol. The first kappa shape index (κ1) is 14.4. The third-order valence-corrected chi connectivity index (χ3v) is 4.15. The molecule has 0 bridgehead atoms. The molecule has 0 aromatic heterocycles. The van der Waals surface area contributed by atoms with Gasteiger partial charge in [-0.1, -0.05) is 19.9 Å². The van der Waals surface area contributed by atoms with Crippen LogP contribution in [0.15, 0.2) is 18.2 Å². The lowest BCUT2D eigenvalue weighted by Gasteiger charge is -2.31. The third kappa shape index (κ3) is 2.94. The van der Waals surface area contributed by atoms with Crippen LogP contribution in [-0.4, -0.2) is 0 Å². The number of alkyl halides is 3. The van der Waals surface area contributed by atoms with Crippen molar-refractivity contribution in [3.63, 3.8) is 0 Å². The summed E-state index contributed by atoms with van der Waals surface area (Å²) in [6.45, 7) is 5.65. The maximum absolute atomic E-state index is 13.0. The molecule has 4 heteroatoms. The van der Waals surface area contributed by atoms with Crippen LogP contribution in [0.1, 0.15) is 56.2 Å². The van der Waals surface area contributed by atoms with Gasteiger partial charge in [-0.15, -0.1) is 0 Å². The fraction of sp³-hybridized carbons (Fsp3) is 0.600. The first-order valence-electron chi connectivity index (χ1n) is 6.64. The van der Waals surface area contributed by atoms with E-state index < -0.39 is 17.3 Å². The number of nitrogens with two attached hydrogens (primary N) is 1. The quantitative estimate of drug-likeness (QED) is 0.865. The molecule has 1 nitrogen and oxygen atoms in total. The topological polar surface area (TPSA) is 26.0 Å². The Bertz CT molecular complexity index is 471. The summed E-state index contributed by atoms with van der Waals surface area (Å²) in [5, 5.41) is 0. The Kier molecular flexibility index (Phi) is 3.42. The molecule has 1 aromatic carbocycles. The van der Waals surface area contributed by atoms with Crippen LogP contribution < -0.4 is 5.73 Å². The maximum atomic E-state index is 13.0. The number of halogens is 3. The molecule has 0 radical (unpaired) electrons. The van der Waals surface area contributed by atoms with Crippen LogP contribution in [0, 0.1) is 5.92 Å². The number of rotatable bonds is 3. The largest absolute Gasteiger partial charge is 0.416 e. The summed E-state index contributed by atoms with van der Waals surface area (Å²) in [6, 6.07) is 4.33. The molecular formula is C15H20F3N. The van der Waals surface area contributed by atoms with Crippen LogP contribution in [0.2, 0.25) is 0 Å². The second-order valence-corrected chi connectivity index (χ2v) is 6.05. The normalized spacial score (nSPS) is 19.6. The van der Waals surface area contributed by atoms with Crippen molar-refractivity contribution in [2.45, 2.75) is 51.2 Å². The summed E-state index contributed by atoms with van der Waals surface area (Å²) < 4.78 is 38.9. The fourth-order valence-corrected chi connectivity index (χ4v) is 2.11. The Morgan fingerprint density at radius 1 is 1.11 bits per heavy atom. The van der Waals surface area contributed by atoms with Gasteiger partial charge in [0.15, 0.2) is 0 Å². The first-order chi connectivity index (χ1) is 8.62. The average Bonchev–Trinajstić information content (AvgIpc) is 3.10. The van der Waals surface area contributed by atoms with Crippen molar-refractivity contribution in [2.75, 3.05) is 0 Å². The van der Waals surface area contributed by atoms with Crippen LogP contribution >= 0.6 is 0 Å². The molecule has 2 N–H and O–H groups in total. The van der Waals surface area contributed by atoms with Gasteiger partial charge in [-0.3, -0.25) is 0 Å². The van der Waals surface area contributed by atoms with Gasteiger partial charge in [0, 0.05) is 5.54 Å². The SMILES string of the molecule is CC(C)C(C)(N)c1cc(C2CC2)cc(C(F)(F)F)c1. The van der Waals surface area contributed by atoms with E-state index in [1.807, 2.05) is 19.9 Å². The zero-order valence-electron chi connectivity index (χ0n) is 11.5. The van der Waals surface area contributed by atoms with Gasteiger partial charge in [-0.2, -0.15) is 13.2 Å². The van der Waals surface area contributed by atoms with Gasteiger partial charge < -0.3 is 5.73 Å². The van der Waals surface area contributed by atoms with Gasteiger partial charge in [-0.25, -0.2) is 0 Å². The smallest absolute Gasteiger partial charge is 0.321 e. The van der Waals surface area contributed by atoms with Crippen LogP contribution in [0.5, 0.6) is 0 Å². The van der Waals surface area contributed by atoms with Crippen molar-refractivity contribution >= 4 is 0 Å². The van der Waals surface area contributed by atoms with E-state index in [-0.39, 0.29) is 11.8 Å². The van der Waals surface area contributed by atoms with Crippen LogP contribution in [0.25, 0.3) is 0 Å². The molecule has 0 amide bonds. The lowest BCUT2D eigenvalue weighted by Crippen LogP contribution is -2.38. The Labute approximate surface area is 112 Å². The van der Waals surface area contributed by atoms with E-state index in [1.165, 1.54) is 12.1 Å². The van der Waals surface area contributed by atoms with E-state index >= 15 is 0 Å². The minimum atomic E-state index is -4.31. The summed E-state index contributed by atoms with van der Waals surface area (Å²) in [5.41, 5.74) is 6.25. The molecule has 19 heavy (non-hydrogen) atoms. The Hall–Kier alpha value is -1.03. The van der Waals surface area contributed by atoms with Gasteiger partial charge in [0.2, 0.25) is 0 Å². The van der Waals surface area contributed by atoms with Crippen molar-refractivity contribution in [1.29, 1.82) is 0 Å². The maximum Gasteiger partial charge on any atom is 0.416 e. The molecule has 1 fully saturated rings. The minimum absolute atomic E-state index is 0.0723. The first-order valence-corrected chi connectivity index (χ1v) is 6.64. The summed E-state index contributed by atoms with van der Waals surface area (Å²) in [6.07, 6.45) is -2.36. The number of benzene rings is 1. The molecule has 0 spiro atoms. The lowest BCUT2D eigenvalue weighted by molar-refractivity contribution is -0.137. The number of hydrogen-bond donors (Lipinski definition) is 1. The third-order valence-electron chi connectivity index (χ3n) is 4.15. The van der Waals surface area contributed by atoms with Crippen LogP contribution in [0.3, 0.4) is 0 Å². The standard InChI is InChI=1S/C15H20F3N/c1-9(2)14(3,19)12-6-11(10-4-5-10)7-13(8-12)15(16,17)18/h6-10H,4-5,19H2,1-3H3. The van der Waals surface area contributed by atoms with Crippen molar-refractivity contribution in [1.82, 2.24) is 0 Å². The molecule has 1 aliphatic rings. The van der Waals surface area contributed by atoms with E-state index in [0.29, 0.717) is 5.56 Å². The van der Waals surface area contributed by atoms with Crippen LogP contribution in [-0.2, 0) is 11.7 Å². The second-order valence-electron chi connectivity index (χ2n) is 6.05. The lowest BCUT2D eigenvalue weighted by atomic mass is 9.81. The molecule has 0 saturated heterocycles. The highest BCUT2D eigenvalue weighted by atomic mass is 19.4. The predicted octanol–water partition coefficient (Wildman–Crippen LogP) is 4.41. The average molecular weight is 271 g/mol. The molecule has 1 unspecified atom stereocenters. The van der Waals surface area contributed by atoms with Crippen molar-refractivity contribution < 1.29 is 13.2 Å². The van der Waals surface area contributed by atoms with Crippen LogP contribution in [0.4, 0.5) is 13.2 Å². The molecule has 106 valence electrons. The summed E-state index contributed by atoms with van der Waals surface area (Å²) >= 11 is 0. The Morgan fingerprint density at radius 3 is 2.05 bits per heavy atom. The summed E-state index contributed by atoms with van der Waals surface area (Å²) in [4.78, 5) is 0. The zero-order chi connectivity index (χ0) is 14.4. The zero-order valence-corrected chi connectivity index (χ0v) is 11.5. The Morgan fingerprint density at radius 2 is 1.63 bits per heavy atom. The molecule has 1 saturated carbocycles. The molecule has 1 aromatic rings. The molecule has 1 atom stereocenters. The van der Waals surface area contributed by atoms with E-state index in [9.17, 15) is 13.2 Å². The van der Waals surface area contributed by atoms with Gasteiger partial charge in [0.1, 0.15) is 0 Å². The van der Waals surface area contributed by atoms with E-state index in [0.717, 1.165) is 18.4 Å². The van der Waals surface area contributed by atoms with Gasteiger partial charge in [0.25, 0.3) is 0 Å². The second kappa shape index (κ2) is 4.51. The molecule has 2 rings (SSSR count). The summed E-state index contributed by atoms with van der Waals surface area (Å²) in [5.74, 6) is 0.354. The van der Waals surface area contributed by atoms with Gasteiger partial charge in [0.05, 0.1) is 5.56 Å². The van der Waals surface area contributed by atoms with E-state index in [1.54, 1.807) is 6.92 Å². The van der Waals surface area contributed by atoms with Crippen molar-refractivity contribution in [2.24, 2.45) is 11.7 Å². The Balaban J connectivity index is 2.51. The van der Waals surface area contributed by atoms with Crippen molar-refractivity contribution in [3.8, 4) is 0 Å². The van der Waals surface area contributed by atoms with Gasteiger partial charge in [-0.05, 0) is 54.9 Å². The highest BCUT2D eigenvalue weighted by molar-refractivity contribution is 5.39. The molecular weight excluding hydrogens is 251 g/mol. The number of hydrogen-bond acceptors (Lipinski definition) is 1. The molecule has 0 heterocycles. The molecule has 1 aliphatic carbocycles. The minimum Gasteiger partial charge on any atom is -0.321 e. The fourth-order valence-electron chi connectivity index (χ4n) is 2.11. The van der Waals surface area contributed by atoms with E-state index in [2.05, 4.69) is 0 Å². The van der Waals surface area contributed by atoms with E-state index in [4.69, 9.17) is 5.73 Å². The summed E-state index contributed by atoms with van der Waals surface area (Å²) in [7, 11) is 0. The highest BCUT2D eigenvalue weighted by Gasteiger charge is 2.36. The van der Waals surface area contributed by atoms with Gasteiger partial charge >= 0.3 is 6.18 Å². The highest BCUT2D eigenvalue weighted by Crippen LogP contribution is 2.44. The van der Waals surface area contributed by atoms with Crippen molar-refractivity contribution in [3.05, 3.63) is 34.9 Å².